The number of methoxy groups -OCH3 is 2. The van der Waals surface area contributed by atoms with Gasteiger partial charge in [0.05, 0.1) is 19.9 Å². The molecule has 0 bridgehead atoms. The lowest BCUT2D eigenvalue weighted by Gasteiger charge is -2.15. The molecule has 0 radical (unpaired) electrons. The summed E-state index contributed by atoms with van der Waals surface area (Å²) in [5, 5.41) is 2.80. The number of aryl methyl sites for hydroxylation is 1. The first-order valence-corrected chi connectivity index (χ1v) is 8.82. The first kappa shape index (κ1) is 19.2. The Labute approximate surface area is 163 Å². The molecule has 2 aromatic carbocycles. The summed E-state index contributed by atoms with van der Waals surface area (Å²) in [6, 6.07) is 17.9. The van der Waals surface area contributed by atoms with Crippen molar-refractivity contribution in [3.8, 4) is 17.2 Å². The molecular weight excluding hydrogens is 356 g/mol. The fourth-order valence-corrected chi connectivity index (χ4v) is 2.94. The molecule has 0 atom stereocenters. The summed E-state index contributed by atoms with van der Waals surface area (Å²) in [5.74, 6) is 0.876. The second kappa shape index (κ2) is 8.43. The Morgan fingerprint density at radius 3 is 2.36 bits per heavy atom. The maximum absolute atomic E-state index is 13.0. The van der Waals surface area contributed by atoms with E-state index in [2.05, 4.69) is 5.32 Å². The Morgan fingerprint density at radius 1 is 0.964 bits per heavy atom. The van der Waals surface area contributed by atoms with E-state index in [9.17, 15) is 9.59 Å². The SMILES string of the molecule is COc1ccc(CNC(=O)c2ccc(C)n(-c3ccccc3OC)c2=O)cc1. The fourth-order valence-electron chi connectivity index (χ4n) is 2.94. The van der Waals surface area contributed by atoms with Crippen LogP contribution in [0.2, 0.25) is 0 Å². The average Bonchev–Trinajstić information content (AvgIpc) is 2.73. The van der Waals surface area contributed by atoms with Crippen LogP contribution in [0.1, 0.15) is 21.6 Å². The van der Waals surface area contributed by atoms with Gasteiger partial charge in [-0.3, -0.25) is 14.2 Å². The topological polar surface area (TPSA) is 69.6 Å². The monoisotopic (exact) mass is 378 g/mol. The number of amides is 1. The van der Waals surface area contributed by atoms with Gasteiger partial charge in [-0.2, -0.15) is 0 Å². The van der Waals surface area contributed by atoms with Gasteiger partial charge in [-0.05, 0) is 48.9 Å². The molecule has 6 nitrogen and oxygen atoms in total. The number of nitrogens with zero attached hydrogens (tertiary/aromatic N) is 1. The zero-order valence-corrected chi connectivity index (χ0v) is 16.1. The summed E-state index contributed by atoms with van der Waals surface area (Å²) < 4.78 is 12.0. The van der Waals surface area contributed by atoms with Gasteiger partial charge in [0, 0.05) is 12.2 Å². The standard InChI is InChI=1S/C22H22N2O4/c1-15-8-13-18(21(25)23-14-16-9-11-17(27-2)12-10-16)22(26)24(15)19-6-4-5-7-20(19)28-3/h4-13H,14H2,1-3H3,(H,23,25). The lowest BCUT2D eigenvalue weighted by Crippen LogP contribution is -2.33. The minimum absolute atomic E-state index is 0.0741. The normalized spacial score (nSPS) is 10.4. The van der Waals surface area contributed by atoms with Gasteiger partial charge in [-0.15, -0.1) is 0 Å². The predicted molar refractivity (Wildman–Crippen MR) is 107 cm³/mol. The number of para-hydroxylation sites is 2. The van der Waals surface area contributed by atoms with Crippen molar-refractivity contribution in [2.24, 2.45) is 0 Å². The van der Waals surface area contributed by atoms with E-state index >= 15 is 0 Å². The second-order valence-electron chi connectivity index (χ2n) is 6.23. The molecule has 0 saturated heterocycles. The van der Waals surface area contributed by atoms with E-state index in [4.69, 9.17) is 9.47 Å². The van der Waals surface area contributed by atoms with Gasteiger partial charge >= 0.3 is 0 Å². The molecule has 1 aromatic heterocycles. The number of pyridine rings is 1. The molecule has 0 fully saturated rings. The number of rotatable bonds is 6. The van der Waals surface area contributed by atoms with E-state index in [0.29, 0.717) is 23.7 Å². The van der Waals surface area contributed by atoms with Crippen molar-refractivity contribution in [1.29, 1.82) is 0 Å². The fraction of sp³-hybridized carbons (Fsp3) is 0.182. The summed E-state index contributed by atoms with van der Waals surface area (Å²) in [6.45, 7) is 2.12. The minimum atomic E-state index is -0.426. The van der Waals surface area contributed by atoms with Gasteiger partial charge < -0.3 is 14.8 Å². The van der Waals surface area contributed by atoms with Crippen molar-refractivity contribution in [2.75, 3.05) is 14.2 Å². The lowest BCUT2D eigenvalue weighted by molar-refractivity contribution is 0.0949. The highest BCUT2D eigenvalue weighted by Gasteiger charge is 2.16. The Kier molecular flexibility index (Phi) is 5.79. The molecule has 1 amide bonds. The van der Waals surface area contributed by atoms with Crippen molar-refractivity contribution < 1.29 is 14.3 Å². The van der Waals surface area contributed by atoms with Crippen LogP contribution in [0.15, 0.2) is 65.5 Å². The van der Waals surface area contributed by atoms with Crippen LogP contribution in [0.5, 0.6) is 11.5 Å². The number of nitrogens with one attached hydrogen (secondary N) is 1. The van der Waals surface area contributed by atoms with Gasteiger partial charge in [0.25, 0.3) is 11.5 Å². The number of benzene rings is 2. The Morgan fingerprint density at radius 2 is 1.68 bits per heavy atom. The molecule has 0 aliphatic carbocycles. The van der Waals surface area contributed by atoms with Crippen LogP contribution in [0.3, 0.4) is 0 Å². The van der Waals surface area contributed by atoms with Gasteiger partial charge in [-0.25, -0.2) is 0 Å². The number of ether oxygens (including phenoxy) is 2. The van der Waals surface area contributed by atoms with Crippen LogP contribution in [-0.4, -0.2) is 24.7 Å². The number of aromatic nitrogens is 1. The molecule has 28 heavy (non-hydrogen) atoms. The quantitative estimate of drug-likeness (QED) is 0.716. The van der Waals surface area contributed by atoms with Gasteiger partial charge in [0.1, 0.15) is 17.1 Å². The molecule has 6 heteroatoms. The van der Waals surface area contributed by atoms with E-state index in [1.54, 1.807) is 38.5 Å². The molecule has 0 saturated carbocycles. The van der Waals surface area contributed by atoms with E-state index < -0.39 is 11.5 Å². The van der Waals surface area contributed by atoms with Crippen LogP contribution < -0.4 is 20.3 Å². The summed E-state index contributed by atoms with van der Waals surface area (Å²) in [4.78, 5) is 25.7. The lowest BCUT2D eigenvalue weighted by atomic mass is 10.2. The van der Waals surface area contributed by atoms with Gasteiger partial charge in [-0.1, -0.05) is 24.3 Å². The van der Waals surface area contributed by atoms with Crippen LogP contribution in [0.25, 0.3) is 5.69 Å². The first-order valence-electron chi connectivity index (χ1n) is 8.82. The Bertz CT molecular complexity index is 1040. The number of hydrogen-bond acceptors (Lipinski definition) is 4. The van der Waals surface area contributed by atoms with Crippen LogP contribution >= 0.6 is 0 Å². The average molecular weight is 378 g/mol. The molecule has 0 spiro atoms. The largest absolute Gasteiger partial charge is 0.497 e. The van der Waals surface area contributed by atoms with Gasteiger partial charge in [0.2, 0.25) is 0 Å². The number of carbonyl (C=O) groups excluding carboxylic acids is 1. The van der Waals surface area contributed by atoms with Crippen molar-refractivity contribution in [3.05, 3.63) is 87.8 Å². The maximum atomic E-state index is 13.0. The molecule has 3 aromatic rings. The maximum Gasteiger partial charge on any atom is 0.268 e. The molecule has 144 valence electrons. The van der Waals surface area contributed by atoms with Crippen molar-refractivity contribution in [1.82, 2.24) is 9.88 Å². The molecule has 3 rings (SSSR count). The van der Waals surface area contributed by atoms with Crippen LogP contribution in [-0.2, 0) is 6.54 Å². The first-order chi connectivity index (χ1) is 13.5. The third-order valence-corrected chi connectivity index (χ3v) is 4.46. The number of hydrogen-bond donors (Lipinski definition) is 1. The molecule has 0 aliphatic rings. The smallest absolute Gasteiger partial charge is 0.268 e. The molecule has 1 N–H and O–H groups in total. The minimum Gasteiger partial charge on any atom is -0.497 e. The summed E-state index contributed by atoms with van der Waals surface area (Å²) in [6.07, 6.45) is 0. The predicted octanol–water partition coefficient (Wildman–Crippen LogP) is 3.09. The molecule has 0 unspecified atom stereocenters. The molecular formula is C22H22N2O4. The zero-order chi connectivity index (χ0) is 20.1. The van der Waals surface area contributed by atoms with E-state index in [1.165, 1.54) is 4.57 Å². The Hall–Kier alpha value is -3.54. The third-order valence-electron chi connectivity index (χ3n) is 4.46. The summed E-state index contributed by atoms with van der Waals surface area (Å²) >= 11 is 0. The number of carbonyl (C=O) groups is 1. The highest BCUT2D eigenvalue weighted by molar-refractivity contribution is 5.93. The highest BCUT2D eigenvalue weighted by Crippen LogP contribution is 2.22. The zero-order valence-electron chi connectivity index (χ0n) is 16.1. The molecule has 1 heterocycles. The summed E-state index contributed by atoms with van der Waals surface area (Å²) in [5.41, 5.74) is 1.89. The van der Waals surface area contributed by atoms with Crippen molar-refractivity contribution in [3.63, 3.8) is 0 Å². The molecule has 0 aliphatic heterocycles. The van der Waals surface area contributed by atoms with Crippen LogP contribution in [0.4, 0.5) is 0 Å². The third kappa shape index (κ3) is 3.91. The second-order valence-corrected chi connectivity index (χ2v) is 6.23. The van der Waals surface area contributed by atoms with E-state index in [1.807, 2.05) is 43.3 Å². The Balaban J connectivity index is 1.88. The van der Waals surface area contributed by atoms with Crippen molar-refractivity contribution in [2.45, 2.75) is 13.5 Å². The summed E-state index contributed by atoms with van der Waals surface area (Å²) in [7, 11) is 3.14. The van der Waals surface area contributed by atoms with Crippen LogP contribution in [0, 0.1) is 6.92 Å². The highest BCUT2D eigenvalue weighted by atomic mass is 16.5. The van der Waals surface area contributed by atoms with E-state index in [0.717, 1.165) is 11.3 Å². The van der Waals surface area contributed by atoms with E-state index in [-0.39, 0.29) is 5.56 Å². The van der Waals surface area contributed by atoms with Crippen molar-refractivity contribution >= 4 is 5.91 Å². The van der Waals surface area contributed by atoms with Gasteiger partial charge in [0.15, 0.2) is 0 Å².